The third-order valence-corrected chi connectivity index (χ3v) is 13.0. The Hall–Kier alpha value is -9.38. The summed E-state index contributed by atoms with van der Waals surface area (Å²) in [7, 11) is 0. The molecule has 71 heavy (non-hydrogen) atoms. The standard InChI is InChI=1S/C67H52N4/c1-3-4-18-51-29-32-65(47-50(51)2)69(56-23-8-5-9-24-56)62-41-35-59(36-42-62)68(60-37-43-63(44-38-60)70(57-25-10-6-11-26-57)66-33-30-52-19-14-16-21-54(52)48-66)61-39-45-64(46-40-61)71(58-27-12-7-13-28-58)67-34-31-53-20-15-17-22-55(53)49-67/h3-49H,1H2,2H3/b18-4-. The fraction of sp³-hybridized carbons (Fsp3) is 0.0149. The molecule has 0 N–H and O–H groups in total. The Bertz CT molecular complexity index is 3440. The van der Waals surface area contributed by atoms with Crippen LogP contribution in [0.2, 0.25) is 0 Å². The van der Waals surface area contributed by atoms with Crippen molar-refractivity contribution in [1.29, 1.82) is 0 Å². The SMILES string of the molecule is C=C/C=C\c1ccc(N(c2ccccc2)c2ccc(N(c3ccc(N(c4ccccc4)c4ccc5ccccc5c4)cc3)c3ccc(N(c4ccccc4)c4ccc5ccccc5c4)cc3)cc2)cc1C. The van der Waals surface area contributed by atoms with Crippen molar-refractivity contribution >= 4 is 95.9 Å². The number of allylic oxidation sites excluding steroid dienone is 2. The van der Waals surface area contributed by atoms with Gasteiger partial charge in [0.2, 0.25) is 0 Å². The highest BCUT2D eigenvalue weighted by Crippen LogP contribution is 2.44. The van der Waals surface area contributed by atoms with Gasteiger partial charge >= 0.3 is 0 Å². The maximum atomic E-state index is 3.87. The zero-order valence-electron chi connectivity index (χ0n) is 39.6. The molecular formula is C67H52N4. The second kappa shape index (κ2) is 20.1. The predicted molar refractivity (Wildman–Crippen MR) is 304 cm³/mol. The summed E-state index contributed by atoms with van der Waals surface area (Å²) < 4.78 is 0. The van der Waals surface area contributed by atoms with E-state index in [1.807, 2.05) is 12.2 Å². The maximum Gasteiger partial charge on any atom is 0.0468 e. The molecule has 11 aromatic carbocycles. The molecule has 0 spiro atoms. The van der Waals surface area contributed by atoms with Gasteiger partial charge in [-0.05, 0) is 185 Å². The quantitative estimate of drug-likeness (QED) is 0.101. The molecule has 0 aromatic heterocycles. The van der Waals surface area contributed by atoms with Crippen LogP contribution in [0.4, 0.5) is 68.2 Å². The fourth-order valence-corrected chi connectivity index (χ4v) is 9.56. The molecule has 0 atom stereocenters. The van der Waals surface area contributed by atoms with Gasteiger partial charge in [0.25, 0.3) is 0 Å². The summed E-state index contributed by atoms with van der Waals surface area (Å²) in [6.07, 6.45) is 5.90. The first kappa shape index (κ1) is 44.1. The highest BCUT2D eigenvalue weighted by atomic mass is 15.2. The van der Waals surface area contributed by atoms with Gasteiger partial charge in [0, 0.05) is 68.2 Å². The lowest BCUT2D eigenvalue weighted by molar-refractivity contribution is 1.24. The molecule has 0 amide bonds. The molecule has 11 aromatic rings. The minimum atomic E-state index is 1.03. The van der Waals surface area contributed by atoms with E-state index in [1.165, 1.54) is 27.1 Å². The van der Waals surface area contributed by atoms with Crippen molar-refractivity contribution < 1.29 is 0 Å². The van der Waals surface area contributed by atoms with Crippen LogP contribution >= 0.6 is 0 Å². The van der Waals surface area contributed by atoms with E-state index in [0.717, 1.165) is 73.8 Å². The van der Waals surface area contributed by atoms with Crippen LogP contribution in [0.3, 0.4) is 0 Å². The van der Waals surface area contributed by atoms with E-state index >= 15 is 0 Å². The van der Waals surface area contributed by atoms with Crippen LogP contribution in [0.15, 0.2) is 286 Å². The van der Waals surface area contributed by atoms with E-state index in [1.54, 1.807) is 0 Å². The molecule has 0 saturated heterocycles. The molecule has 11 rings (SSSR count). The number of fused-ring (bicyclic) bond motifs is 2. The van der Waals surface area contributed by atoms with Gasteiger partial charge in [0.1, 0.15) is 0 Å². The molecular weight excluding hydrogens is 861 g/mol. The van der Waals surface area contributed by atoms with Gasteiger partial charge in [-0.3, -0.25) is 0 Å². The lowest BCUT2D eigenvalue weighted by Gasteiger charge is -2.30. The van der Waals surface area contributed by atoms with Crippen molar-refractivity contribution in [3.8, 4) is 0 Å². The van der Waals surface area contributed by atoms with Crippen molar-refractivity contribution in [2.24, 2.45) is 0 Å². The Balaban J connectivity index is 1.01. The molecule has 0 aliphatic heterocycles. The van der Waals surface area contributed by atoms with Gasteiger partial charge in [-0.15, -0.1) is 0 Å². The average Bonchev–Trinajstić information content (AvgIpc) is 3.43. The van der Waals surface area contributed by atoms with Crippen LogP contribution in [-0.4, -0.2) is 0 Å². The predicted octanol–water partition coefficient (Wildman–Crippen LogP) is 19.4. The summed E-state index contributed by atoms with van der Waals surface area (Å²) in [5.41, 5.74) is 15.2. The first-order valence-corrected chi connectivity index (χ1v) is 24.1. The Morgan fingerprint density at radius 2 is 0.535 bits per heavy atom. The summed E-state index contributed by atoms with van der Waals surface area (Å²) in [6.45, 7) is 6.03. The lowest BCUT2D eigenvalue weighted by atomic mass is 10.1. The molecule has 0 fully saturated rings. The Morgan fingerprint density at radius 3 is 0.873 bits per heavy atom. The fourth-order valence-electron chi connectivity index (χ4n) is 9.56. The average molecular weight is 913 g/mol. The van der Waals surface area contributed by atoms with Crippen LogP contribution in [0, 0.1) is 6.92 Å². The molecule has 0 heterocycles. The van der Waals surface area contributed by atoms with E-state index in [-0.39, 0.29) is 0 Å². The molecule has 0 aliphatic carbocycles. The van der Waals surface area contributed by atoms with Crippen molar-refractivity contribution in [3.05, 3.63) is 297 Å². The number of benzene rings is 11. The molecule has 340 valence electrons. The minimum Gasteiger partial charge on any atom is -0.310 e. The highest BCUT2D eigenvalue weighted by molar-refractivity contribution is 5.92. The number of hydrogen-bond donors (Lipinski definition) is 0. The van der Waals surface area contributed by atoms with Crippen molar-refractivity contribution in [3.63, 3.8) is 0 Å². The summed E-state index contributed by atoms with van der Waals surface area (Å²) in [4.78, 5) is 9.33. The lowest BCUT2D eigenvalue weighted by Crippen LogP contribution is -2.14. The number of rotatable bonds is 14. The zero-order chi connectivity index (χ0) is 47.9. The second-order valence-corrected chi connectivity index (χ2v) is 17.6. The van der Waals surface area contributed by atoms with Crippen LogP contribution in [-0.2, 0) is 0 Å². The Kier molecular flexibility index (Phi) is 12.5. The summed E-state index contributed by atoms with van der Waals surface area (Å²) in [5, 5.41) is 4.83. The maximum absolute atomic E-state index is 3.87. The van der Waals surface area contributed by atoms with Crippen LogP contribution in [0.5, 0.6) is 0 Å². The molecule has 0 radical (unpaired) electrons. The molecule has 4 heteroatoms. The van der Waals surface area contributed by atoms with Crippen LogP contribution < -0.4 is 19.6 Å². The normalized spacial score (nSPS) is 11.2. The smallest absolute Gasteiger partial charge is 0.0468 e. The number of nitrogens with zero attached hydrogens (tertiary/aromatic N) is 4. The number of para-hydroxylation sites is 3. The van der Waals surface area contributed by atoms with Gasteiger partial charge in [0.15, 0.2) is 0 Å². The van der Waals surface area contributed by atoms with Gasteiger partial charge in [-0.25, -0.2) is 0 Å². The molecule has 0 unspecified atom stereocenters. The van der Waals surface area contributed by atoms with Crippen LogP contribution in [0.25, 0.3) is 27.6 Å². The summed E-state index contributed by atoms with van der Waals surface area (Å²) >= 11 is 0. The van der Waals surface area contributed by atoms with Gasteiger partial charge < -0.3 is 19.6 Å². The van der Waals surface area contributed by atoms with Crippen molar-refractivity contribution in [2.75, 3.05) is 19.6 Å². The monoisotopic (exact) mass is 912 g/mol. The topological polar surface area (TPSA) is 13.0 Å². The number of aryl methyl sites for hydroxylation is 1. The third-order valence-electron chi connectivity index (χ3n) is 13.0. The second-order valence-electron chi connectivity index (χ2n) is 17.6. The Labute approximate surface area is 417 Å². The first-order valence-electron chi connectivity index (χ1n) is 24.1. The number of anilines is 12. The molecule has 0 aliphatic rings. The third kappa shape index (κ3) is 9.31. The molecule has 4 nitrogen and oxygen atoms in total. The zero-order valence-corrected chi connectivity index (χ0v) is 39.6. The summed E-state index contributed by atoms with van der Waals surface area (Å²) in [6, 6.07) is 95.7. The first-order chi connectivity index (χ1) is 35.1. The van der Waals surface area contributed by atoms with Crippen molar-refractivity contribution in [1.82, 2.24) is 0 Å². The van der Waals surface area contributed by atoms with Gasteiger partial charge in [-0.1, -0.05) is 146 Å². The van der Waals surface area contributed by atoms with E-state index in [9.17, 15) is 0 Å². The number of hydrogen-bond acceptors (Lipinski definition) is 4. The largest absolute Gasteiger partial charge is 0.310 e. The van der Waals surface area contributed by atoms with Gasteiger partial charge in [0.05, 0.1) is 0 Å². The summed E-state index contributed by atoms with van der Waals surface area (Å²) in [5.74, 6) is 0. The van der Waals surface area contributed by atoms with E-state index in [2.05, 4.69) is 306 Å². The van der Waals surface area contributed by atoms with E-state index in [4.69, 9.17) is 0 Å². The van der Waals surface area contributed by atoms with E-state index in [0.29, 0.717) is 0 Å². The van der Waals surface area contributed by atoms with Crippen LogP contribution in [0.1, 0.15) is 11.1 Å². The molecule has 0 bridgehead atoms. The molecule has 0 saturated carbocycles. The van der Waals surface area contributed by atoms with E-state index < -0.39 is 0 Å². The van der Waals surface area contributed by atoms with Gasteiger partial charge in [-0.2, -0.15) is 0 Å². The minimum absolute atomic E-state index is 1.03. The van der Waals surface area contributed by atoms with Crippen molar-refractivity contribution in [2.45, 2.75) is 6.92 Å². The highest BCUT2D eigenvalue weighted by Gasteiger charge is 2.20. The Morgan fingerprint density at radius 1 is 0.268 bits per heavy atom.